The predicted octanol–water partition coefficient (Wildman–Crippen LogP) is 1.93. The molecule has 0 saturated carbocycles. The Balaban J connectivity index is 0.00000363. The lowest BCUT2D eigenvalue weighted by atomic mass is 9.98. The number of benzene rings is 1. The zero-order valence-corrected chi connectivity index (χ0v) is 19.7. The van der Waals surface area contributed by atoms with Gasteiger partial charge in [0.1, 0.15) is 11.6 Å². The molecule has 2 saturated heterocycles. The summed E-state index contributed by atoms with van der Waals surface area (Å²) in [6.07, 6.45) is 1.82. The van der Waals surface area contributed by atoms with Gasteiger partial charge in [-0.05, 0) is 18.6 Å². The summed E-state index contributed by atoms with van der Waals surface area (Å²) in [7, 11) is -4.05. The highest BCUT2D eigenvalue weighted by molar-refractivity contribution is 7.91. The molecule has 182 valence electrons. The normalized spacial score (nSPS) is 19.2. The Morgan fingerprint density at radius 3 is 2.47 bits per heavy atom. The Bertz CT molecular complexity index is 874. The molecule has 2 fully saturated rings. The van der Waals surface area contributed by atoms with Crippen LogP contribution in [0.2, 0.25) is 0 Å². The first-order valence-electron chi connectivity index (χ1n) is 10.5. The molecule has 0 radical (unpaired) electrons. The number of carbonyl (C=O) groups is 1. The van der Waals surface area contributed by atoms with E-state index < -0.39 is 26.5 Å². The molecule has 2 aliphatic rings. The summed E-state index contributed by atoms with van der Waals surface area (Å²) in [6, 6.07) is 4.69. The Labute approximate surface area is 194 Å². The van der Waals surface area contributed by atoms with Gasteiger partial charge in [-0.15, -0.1) is 12.4 Å². The molecule has 0 spiro atoms. The van der Waals surface area contributed by atoms with Crippen molar-refractivity contribution < 1.29 is 32.3 Å². The van der Waals surface area contributed by atoms with E-state index in [9.17, 15) is 17.6 Å². The van der Waals surface area contributed by atoms with Crippen molar-refractivity contribution in [2.45, 2.75) is 37.4 Å². The van der Waals surface area contributed by atoms with Crippen molar-refractivity contribution in [2.24, 2.45) is 0 Å². The average Bonchev–Trinajstić information content (AvgIpc) is 2.79. The molecule has 3 rings (SSSR count). The number of halogens is 2. The fraction of sp³-hybridized carbons (Fsp3) is 0.650. The lowest BCUT2D eigenvalue weighted by Crippen LogP contribution is -2.62. The molecule has 32 heavy (non-hydrogen) atoms. The van der Waals surface area contributed by atoms with Crippen LogP contribution in [0.15, 0.2) is 18.2 Å². The highest BCUT2D eigenvalue weighted by atomic mass is 35.5. The Hall–Kier alpha value is -1.66. The number of anilines is 1. The maximum Gasteiger partial charge on any atom is 0.266 e. The molecule has 9 nitrogen and oxygen atoms in total. The molecule has 0 bridgehead atoms. The van der Waals surface area contributed by atoms with Gasteiger partial charge < -0.3 is 14.4 Å². The van der Waals surface area contributed by atoms with E-state index in [1.165, 1.54) is 15.9 Å². The minimum Gasteiger partial charge on any atom is -0.493 e. The van der Waals surface area contributed by atoms with Gasteiger partial charge in [0, 0.05) is 58.3 Å². The standard InChI is InChI=1S/C20H30FN3O6S.ClH/c1-2-3-12-30-16-4-5-18(17(21)15-16)23-8-10-24(11-9-23)31(27,28)20(19(25)22-26)6-13-29-14-7-20;/h4-5,15,26H,2-3,6-14H2,1H3,(H,22,25);1H. The van der Waals surface area contributed by atoms with Gasteiger partial charge in [-0.3, -0.25) is 10.0 Å². The molecular weight excluding hydrogens is 465 g/mol. The first-order chi connectivity index (χ1) is 14.9. The third-order valence-electron chi connectivity index (χ3n) is 5.91. The Morgan fingerprint density at radius 1 is 1.25 bits per heavy atom. The topological polar surface area (TPSA) is 108 Å². The summed E-state index contributed by atoms with van der Waals surface area (Å²) in [4.78, 5) is 14.1. The summed E-state index contributed by atoms with van der Waals surface area (Å²) >= 11 is 0. The van der Waals surface area contributed by atoms with Gasteiger partial charge in [0.25, 0.3) is 5.91 Å². The minimum absolute atomic E-state index is 0. The molecule has 0 atom stereocenters. The molecule has 1 aromatic rings. The van der Waals surface area contributed by atoms with E-state index in [4.69, 9.17) is 14.7 Å². The lowest BCUT2D eigenvalue weighted by molar-refractivity contribution is -0.134. The highest BCUT2D eigenvalue weighted by Gasteiger charge is 2.54. The van der Waals surface area contributed by atoms with E-state index in [2.05, 4.69) is 0 Å². The van der Waals surface area contributed by atoms with Gasteiger partial charge in [-0.2, -0.15) is 4.31 Å². The average molecular weight is 496 g/mol. The summed E-state index contributed by atoms with van der Waals surface area (Å²) < 4.78 is 51.5. The van der Waals surface area contributed by atoms with Crippen molar-refractivity contribution in [2.75, 3.05) is 50.9 Å². The van der Waals surface area contributed by atoms with E-state index in [0.29, 0.717) is 18.0 Å². The van der Waals surface area contributed by atoms with Gasteiger partial charge in [-0.25, -0.2) is 18.3 Å². The monoisotopic (exact) mass is 495 g/mol. The van der Waals surface area contributed by atoms with Gasteiger partial charge in [0.15, 0.2) is 4.75 Å². The second-order valence-electron chi connectivity index (χ2n) is 7.75. The molecule has 2 N–H and O–H groups in total. The molecule has 0 aromatic heterocycles. The minimum atomic E-state index is -4.05. The zero-order chi connectivity index (χ0) is 22.5. The zero-order valence-electron chi connectivity index (χ0n) is 18.1. The Morgan fingerprint density at radius 2 is 1.91 bits per heavy atom. The first-order valence-corrected chi connectivity index (χ1v) is 12.0. The van der Waals surface area contributed by atoms with Crippen molar-refractivity contribution >= 4 is 34.0 Å². The van der Waals surface area contributed by atoms with Crippen LogP contribution in [-0.2, 0) is 19.6 Å². The summed E-state index contributed by atoms with van der Waals surface area (Å²) in [5.41, 5.74) is 1.90. The third-order valence-corrected chi connectivity index (χ3v) is 8.54. The molecule has 2 aliphatic heterocycles. The molecular formula is C20H31ClFN3O6S. The number of piperazine rings is 1. The van der Waals surface area contributed by atoms with E-state index in [0.717, 1.165) is 12.8 Å². The largest absolute Gasteiger partial charge is 0.493 e. The van der Waals surface area contributed by atoms with Gasteiger partial charge in [-0.1, -0.05) is 13.3 Å². The van der Waals surface area contributed by atoms with Crippen molar-refractivity contribution in [3.63, 3.8) is 0 Å². The van der Waals surface area contributed by atoms with Gasteiger partial charge in [0.2, 0.25) is 10.0 Å². The number of sulfonamides is 1. The number of hydrogen-bond acceptors (Lipinski definition) is 7. The number of unbranched alkanes of at least 4 members (excludes halogenated alkanes) is 1. The second-order valence-corrected chi connectivity index (χ2v) is 10.0. The molecule has 0 aliphatic carbocycles. The molecule has 12 heteroatoms. The smallest absolute Gasteiger partial charge is 0.266 e. The van der Waals surface area contributed by atoms with E-state index in [1.54, 1.807) is 17.0 Å². The van der Waals surface area contributed by atoms with Crippen molar-refractivity contribution in [1.82, 2.24) is 9.79 Å². The van der Waals surface area contributed by atoms with Crippen LogP contribution in [0.3, 0.4) is 0 Å². The second kappa shape index (κ2) is 11.5. The van der Waals surface area contributed by atoms with Crippen LogP contribution < -0.4 is 15.1 Å². The highest BCUT2D eigenvalue weighted by Crippen LogP contribution is 2.34. The van der Waals surface area contributed by atoms with Crippen LogP contribution in [-0.4, -0.2) is 74.6 Å². The SMILES string of the molecule is CCCCOc1ccc(N2CCN(S(=O)(=O)C3(C(=O)NO)CCOCC3)CC2)c(F)c1.Cl. The number of hydrogen-bond donors (Lipinski definition) is 2. The predicted molar refractivity (Wildman–Crippen MR) is 119 cm³/mol. The van der Waals surface area contributed by atoms with Crippen LogP contribution in [0.5, 0.6) is 5.75 Å². The maximum absolute atomic E-state index is 14.6. The molecule has 2 heterocycles. The van der Waals surface area contributed by atoms with Crippen LogP contribution in [0.25, 0.3) is 0 Å². The number of rotatable bonds is 8. The number of hydroxylamine groups is 1. The quantitative estimate of drug-likeness (QED) is 0.322. The van der Waals surface area contributed by atoms with Crippen LogP contribution in [0.4, 0.5) is 10.1 Å². The third kappa shape index (κ3) is 5.28. The van der Waals surface area contributed by atoms with Crippen molar-refractivity contribution in [3.05, 3.63) is 24.0 Å². The fourth-order valence-corrected chi connectivity index (χ4v) is 6.09. The van der Waals surface area contributed by atoms with E-state index in [-0.39, 0.29) is 64.6 Å². The van der Waals surface area contributed by atoms with E-state index >= 15 is 0 Å². The molecule has 1 amide bonds. The fourth-order valence-electron chi connectivity index (χ4n) is 3.99. The van der Waals surface area contributed by atoms with Crippen LogP contribution >= 0.6 is 12.4 Å². The molecule has 1 aromatic carbocycles. The van der Waals surface area contributed by atoms with Crippen LogP contribution in [0.1, 0.15) is 32.6 Å². The molecule has 0 unspecified atom stereocenters. The maximum atomic E-state index is 14.6. The van der Waals surface area contributed by atoms with Gasteiger partial charge >= 0.3 is 0 Å². The van der Waals surface area contributed by atoms with Crippen molar-refractivity contribution in [3.8, 4) is 5.75 Å². The van der Waals surface area contributed by atoms with Gasteiger partial charge in [0.05, 0.1) is 12.3 Å². The number of carbonyl (C=O) groups excluding carboxylic acids is 1. The summed E-state index contributed by atoms with van der Waals surface area (Å²) in [5, 5.41) is 9.14. The lowest BCUT2D eigenvalue weighted by Gasteiger charge is -2.42. The number of nitrogens with zero attached hydrogens (tertiary/aromatic N) is 2. The van der Waals surface area contributed by atoms with Crippen molar-refractivity contribution in [1.29, 1.82) is 0 Å². The summed E-state index contributed by atoms with van der Waals surface area (Å²) in [6.45, 7) is 3.58. The summed E-state index contributed by atoms with van der Waals surface area (Å²) in [5.74, 6) is -0.902. The van der Waals surface area contributed by atoms with E-state index in [1.807, 2.05) is 6.92 Å². The number of nitrogens with one attached hydrogen (secondary N) is 1. The Kier molecular flexibility index (Phi) is 9.53. The first kappa shape index (κ1) is 26.6. The van der Waals surface area contributed by atoms with Crippen LogP contribution in [0, 0.1) is 5.82 Å². The number of ether oxygens (including phenoxy) is 2. The number of amides is 1.